The average Bonchev–Trinajstić information content (AvgIpc) is 2.35. The Labute approximate surface area is 118 Å². The molecule has 6 nitrogen and oxygen atoms in total. The summed E-state index contributed by atoms with van der Waals surface area (Å²) >= 11 is 0. The first-order valence-corrected chi connectivity index (χ1v) is 7.83. The number of phenols is 1. The number of methoxy groups -OCH3 is 1. The van der Waals surface area contributed by atoms with E-state index < -0.39 is 20.5 Å². The topological polar surface area (TPSA) is 92.7 Å². The number of sulfone groups is 1. The Hall–Kier alpha value is -1.76. The zero-order chi connectivity index (χ0) is 15.6. The number of carbonyl (C=O) groups excluding carboxylic acids is 1. The molecule has 7 heteroatoms. The first-order chi connectivity index (χ1) is 9.10. The quantitative estimate of drug-likeness (QED) is 0.845. The van der Waals surface area contributed by atoms with Crippen LogP contribution >= 0.6 is 0 Å². The summed E-state index contributed by atoms with van der Waals surface area (Å²) in [6, 6.07) is 4.52. The van der Waals surface area contributed by atoms with E-state index >= 15 is 0 Å². The first-order valence-electron chi connectivity index (χ1n) is 5.94. The van der Waals surface area contributed by atoms with E-state index in [1.807, 2.05) is 0 Å². The van der Waals surface area contributed by atoms with Crippen molar-refractivity contribution in [2.45, 2.75) is 18.6 Å². The molecule has 0 saturated heterocycles. The van der Waals surface area contributed by atoms with E-state index in [-0.39, 0.29) is 23.6 Å². The summed E-state index contributed by atoms with van der Waals surface area (Å²) in [4.78, 5) is 12.0. The normalized spacial score (nSPS) is 12.0. The maximum atomic E-state index is 12.0. The lowest BCUT2D eigenvalue weighted by atomic mass is 10.1. The van der Waals surface area contributed by atoms with E-state index in [1.54, 1.807) is 6.07 Å². The maximum absolute atomic E-state index is 12.0. The second-order valence-corrected chi connectivity index (χ2v) is 7.72. The number of benzene rings is 1. The Morgan fingerprint density at radius 1 is 1.40 bits per heavy atom. The molecule has 1 aromatic carbocycles. The van der Waals surface area contributed by atoms with Gasteiger partial charge in [-0.2, -0.15) is 0 Å². The molecular formula is C13H19NO5S. The number of hydrogen-bond donors (Lipinski definition) is 2. The predicted octanol–water partition coefficient (Wildman–Crippen LogP) is 0.954. The lowest BCUT2D eigenvalue weighted by molar-refractivity contribution is 0.0947. The number of aromatic hydroxyl groups is 1. The summed E-state index contributed by atoms with van der Waals surface area (Å²) in [5.74, 6) is -0.650. The van der Waals surface area contributed by atoms with Crippen LogP contribution in [-0.4, -0.2) is 44.1 Å². The summed E-state index contributed by atoms with van der Waals surface area (Å²) in [7, 11) is -1.93. The van der Waals surface area contributed by atoms with Gasteiger partial charge in [0.05, 0.1) is 17.4 Å². The van der Waals surface area contributed by atoms with Crippen LogP contribution < -0.4 is 10.1 Å². The highest BCUT2D eigenvalue weighted by molar-refractivity contribution is 7.92. The first kappa shape index (κ1) is 16.3. The van der Waals surface area contributed by atoms with Crippen molar-refractivity contribution in [1.29, 1.82) is 0 Å². The van der Waals surface area contributed by atoms with Crippen molar-refractivity contribution in [1.82, 2.24) is 5.32 Å². The van der Waals surface area contributed by atoms with Crippen molar-refractivity contribution >= 4 is 15.7 Å². The third-order valence-electron chi connectivity index (χ3n) is 3.14. The molecule has 0 fully saturated rings. The highest BCUT2D eigenvalue weighted by Gasteiger charge is 2.31. The zero-order valence-electron chi connectivity index (χ0n) is 11.9. The molecule has 1 aromatic rings. The van der Waals surface area contributed by atoms with Crippen LogP contribution in [0.3, 0.4) is 0 Å². The minimum Gasteiger partial charge on any atom is -0.504 e. The van der Waals surface area contributed by atoms with Crippen LogP contribution in [0.5, 0.6) is 11.5 Å². The molecule has 0 unspecified atom stereocenters. The molecule has 0 aliphatic carbocycles. The summed E-state index contributed by atoms with van der Waals surface area (Å²) in [6.07, 6.45) is 1.11. The molecule has 0 aliphatic heterocycles. The van der Waals surface area contributed by atoms with Crippen LogP contribution in [0.2, 0.25) is 0 Å². The molecule has 1 rings (SSSR count). The van der Waals surface area contributed by atoms with Gasteiger partial charge >= 0.3 is 0 Å². The van der Waals surface area contributed by atoms with Crippen molar-refractivity contribution in [2.24, 2.45) is 0 Å². The van der Waals surface area contributed by atoms with Gasteiger partial charge in [0.2, 0.25) is 0 Å². The zero-order valence-corrected chi connectivity index (χ0v) is 12.7. The summed E-state index contributed by atoms with van der Waals surface area (Å²) in [5, 5.41) is 12.3. The van der Waals surface area contributed by atoms with Gasteiger partial charge in [0, 0.05) is 12.8 Å². The van der Waals surface area contributed by atoms with Crippen LogP contribution in [0.1, 0.15) is 24.2 Å². The number of rotatable bonds is 5. The number of amides is 1. The fourth-order valence-corrected chi connectivity index (χ4v) is 1.72. The molecule has 0 aliphatic rings. The SMILES string of the molecule is COc1cccc(C(=O)NCC(C)(C)S(C)(=O)=O)c1O. The third kappa shape index (κ3) is 3.41. The molecule has 0 radical (unpaired) electrons. The smallest absolute Gasteiger partial charge is 0.255 e. The van der Waals surface area contributed by atoms with Crippen molar-refractivity contribution in [3.05, 3.63) is 23.8 Å². The van der Waals surface area contributed by atoms with E-state index in [0.29, 0.717) is 0 Å². The van der Waals surface area contributed by atoms with E-state index in [9.17, 15) is 18.3 Å². The highest BCUT2D eigenvalue weighted by Crippen LogP contribution is 2.29. The average molecular weight is 301 g/mol. The number of nitrogens with one attached hydrogen (secondary N) is 1. The van der Waals surface area contributed by atoms with E-state index in [1.165, 1.54) is 33.1 Å². The van der Waals surface area contributed by atoms with Gasteiger partial charge in [-0.05, 0) is 26.0 Å². The Balaban J connectivity index is 2.89. The van der Waals surface area contributed by atoms with Gasteiger partial charge in [-0.3, -0.25) is 4.79 Å². The maximum Gasteiger partial charge on any atom is 0.255 e. The van der Waals surface area contributed by atoms with Gasteiger partial charge in [-0.25, -0.2) is 8.42 Å². The van der Waals surface area contributed by atoms with Crippen LogP contribution in [0.15, 0.2) is 18.2 Å². The molecular weight excluding hydrogens is 282 g/mol. The van der Waals surface area contributed by atoms with Crippen LogP contribution in [-0.2, 0) is 9.84 Å². The number of ether oxygens (including phenoxy) is 1. The lowest BCUT2D eigenvalue weighted by Crippen LogP contribution is -2.43. The molecule has 0 spiro atoms. The monoisotopic (exact) mass is 301 g/mol. The van der Waals surface area contributed by atoms with Crippen LogP contribution in [0, 0.1) is 0 Å². The Kier molecular flexibility index (Phi) is 4.65. The number of carbonyl (C=O) groups is 1. The number of para-hydroxylation sites is 1. The van der Waals surface area contributed by atoms with Gasteiger partial charge in [-0.1, -0.05) is 6.07 Å². The van der Waals surface area contributed by atoms with Crippen molar-refractivity contribution < 1.29 is 23.1 Å². The Bertz CT molecular complexity index is 607. The second-order valence-electron chi connectivity index (χ2n) is 5.07. The molecule has 2 N–H and O–H groups in total. The minimum absolute atomic E-state index is 0.0358. The fraction of sp³-hybridized carbons (Fsp3) is 0.462. The molecule has 0 aromatic heterocycles. The summed E-state index contributed by atoms with van der Waals surface area (Å²) in [5.41, 5.74) is 0.0358. The van der Waals surface area contributed by atoms with Gasteiger partial charge in [0.1, 0.15) is 0 Å². The molecule has 0 heterocycles. The molecule has 0 saturated carbocycles. The molecule has 1 amide bonds. The standard InChI is InChI=1S/C13H19NO5S/c1-13(2,20(4,17)18)8-14-12(16)9-6-5-7-10(19-3)11(9)15/h5-7,15H,8H2,1-4H3,(H,14,16). The Morgan fingerprint density at radius 3 is 2.50 bits per heavy atom. The van der Waals surface area contributed by atoms with Crippen molar-refractivity contribution in [3.8, 4) is 11.5 Å². The summed E-state index contributed by atoms with van der Waals surface area (Å²) in [6.45, 7) is 2.99. The molecule has 0 atom stereocenters. The van der Waals surface area contributed by atoms with Crippen LogP contribution in [0.4, 0.5) is 0 Å². The second kappa shape index (κ2) is 5.70. The highest BCUT2D eigenvalue weighted by atomic mass is 32.2. The summed E-state index contributed by atoms with van der Waals surface area (Å²) < 4.78 is 26.9. The fourth-order valence-electron chi connectivity index (χ4n) is 1.39. The van der Waals surface area contributed by atoms with Gasteiger partial charge < -0.3 is 15.2 Å². The van der Waals surface area contributed by atoms with E-state index in [4.69, 9.17) is 4.74 Å². The number of hydrogen-bond acceptors (Lipinski definition) is 5. The lowest BCUT2D eigenvalue weighted by Gasteiger charge is -2.22. The van der Waals surface area contributed by atoms with Gasteiger partial charge in [0.15, 0.2) is 21.3 Å². The minimum atomic E-state index is -3.31. The van der Waals surface area contributed by atoms with Gasteiger partial charge in [-0.15, -0.1) is 0 Å². The van der Waals surface area contributed by atoms with E-state index in [0.717, 1.165) is 6.26 Å². The molecule has 112 valence electrons. The van der Waals surface area contributed by atoms with Crippen LogP contribution in [0.25, 0.3) is 0 Å². The predicted molar refractivity (Wildman–Crippen MR) is 75.9 cm³/mol. The van der Waals surface area contributed by atoms with Crippen molar-refractivity contribution in [3.63, 3.8) is 0 Å². The van der Waals surface area contributed by atoms with Gasteiger partial charge in [0.25, 0.3) is 5.91 Å². The Morgan fingerprint density at radius 2 is 2.00 bits per heavy atom. The number of phenolic OH excluding ortho intramolecular Hbond substituents is 1. The largest absolute Gasteiger partial charge is 0.504 e. The van der Waals surface area contributed by atoms with Crippen molar-refractivity contribution in [2.75, 3.05) is 19.9 Å². The molecule has 20 heavy (non-hydrogen) atoms. The third-order valence-corrected chi connectivity index (χ3v) is 5.29. The van der Waals surface area contributed by atoms with E-state index in [2.05, 4.69) is 5.32 Å². The molecule has 0 bridgehead atoms.